The summed E-state index contributed by atoms with van der Waals surface area (Å²) in [6.07, 6.45) is 2.83. The predicted molar refractivity (Wildman–Crippen MR) is 72.3 cm³/mol. The molecule has 0 aromatic carbocycles. The molecule has 0 aliphatic carbocycles. The maximum Gasteiger partial charge on any atom is 0.320 e. The van der Waals surface area contributed by atoms with E-state index in [1.54, 1.807) is 0 Å². The number of halogens is 2. The molecule has 6 heteroatoms. The van der Waals surface area contributed by atoms with E-state index < -0.39 is 5.97 Å². The Morgan fingerprint density at radius 3 is 2.94 bits per heavy atom. The van der Waals surface area contributed by atoms with E-state index in [1.165, 1.54) is 11.3 Å². The summed E-state index contributed by atoms with van der Waals surface area (Å²) < 4.78 is 0.773. The lowest BCUT2D eigenvalue weighted by Crippen LogP contribution is -2.43. The number of carboxylic acid groups (broad SMARTS) is 1. The quantitative estimate of drug-likeness (QED) is 0.930. The highest BCUT2D eigenvalue weighted by atomic mass is 35.5. The zero-order valence-corrected chi connectivity index (χ0v) is 11.7. The average Bonchev–Trinajstić information content (AvgIpc) is 2.65. The lowest BCUT2D eigenvalue weighted by atomic mass is 10.0. The third-order valence-electron chi connectivity index (χ3n) is 2.97. The summed E-state index contributed by atoms with van der Waals surface area (Å²) in [5, 5.41) is 11.1. The Labute approximate surface area is 116 Å². The van der Waals surface area contributed by atoms with Gasteiger partial charge in [0, 0.05) is 6.54 Å². The fraction of sp³-hybridized carbons (Fsp3) is 0.545. The van der Waals surface area contributed by atoms with Crippen molar-refractivity contribution in [2.24, 2.45) is 0 Å². The van der Waals surface area contributed by atoms with Crippen molar-refractivity contribution in [3.63, 3.8) is 0 Å². The number of piperidine rings is 1. The second-order valence-corrected chi connectivity index (χ2v) is 5.56. The first-order chi connectivity index (χ1) is 7.68. The molecule has 96 valence electrons. The molecule has 0 bridgehead atoms. The minimum absolute atomic E-state index is 0. The van der Waals surface area contributed by atoms with Crippen molar-refractivity contribution in [1.29, 1.82) is 0 Å². The van der Waals surface area contributed by atoms with Gasteiger partial charge in [-0.1, -0.05) is 18.0 Å². The van der Waals surface area contributed by atoms with E-state index in [1.807, 2.05) is 16.3 Å². The van der Waals surface area contributed by atoms with Crippen molar-refractivity contribution in [3.8, 4) is 0 Å². The smallest absolute Gasteiger partial charge is 0.320 e. The Morgan fingerprint density at radius 1 is 1.59 bits per heavy atom. The van der Waals surface area contributed by atoms with E-state index in [-0.39, 0.29) is 18.4 Å². The van der Waals surface area contributed by atoms with Gasteiger partial charge in [0.05, 0.1) is 4.34 Å². The van der Waals surface area contributed by atoms with Gasteiger partial charge in [-0.2, -0.15) is 0 Å². The van der Waals surface area contributed by atoms with Crippen LogP contribution in [0.15, 0.2) is 11.4 Å². The number of likely N-dealkylation sites (tertiary alicyclic amines) is 1. The van der Waals surface area contributed by atoms with Crippen molar-refractivity contribution >= 4 is 41.3 Å². The monoisotopic (exact) mass is 295 g/mol. The molecule has 1 aromatic heterocycles. The fourth-order valence-corrected chi connectivity index (χ4v) is 3.02. The Balaban J connectivity index is 0.00000144. The van der Waals surface area contributed by atoms with E-state index in [0.717, 1.165) is 35.7 Å². The van der Waals surface area contributed by atoms with E-state index in [2.05, 4.69) is 0 Å². The summed E-state index contributed by atoms with van der Waals surface area (Å²) in [6, 6.07) is 1.63. The molecule has 1 N–H and O–H groups in total. The summed E-state index contributed by atoms with van der Waals surface area (Å²) in [6.45, 7) is 1.50. The number of carboxylic acids is 1. The molecule has 0 spiro atoms. The molecular formula is C11H15Cl2NO2S. The molecule has 1 aliphatic rings. The number of hydrogen-bond acceptors (Lipinski definition) is 3. The van der Waals surface area contributed by atoms with Crippen LogP contribution in [0.25, 0.3) is 0 Å². The van der Waals surface area contributed by atoms with Gasteiger partial charge in [-0.25, -0.2) is 0 Å². The van der Waals surface area contributed by atoms with Crippen LogP contribution >= 0.6 is 35.3 Å². The van der Waals surface area contributed by atoms with Crippen LogP contribution < -0.4 is 0 Å². The van der Waals surface area contributed by atoms with Gasteiger partial charge in [-0.05, 0) is 36.4 Å². The maximum absolute atomic E-state index is 11.1. The van der Waals surface area contributed by atoms with Gasteiger partial charge >= 0.3 is 5.97 Å². The van der Waals surface area contributed by atoms with Gasteiger partial charge in [0.25, 0.3) is 0 Å². The third kappa shape index (κ3) is 3.58. The molecular weight excluding hydrogens is 281 g/mol. The molecule has 1 atom stereocenters. The number of thiophene rings is 1. The van der Waals surface area contributed by atoms with Crippen molar-refractivity contribution in [2.45, 2.75) is 31.8 Å². The average molecular weight is 296 g/mol. The molecule has 0 radical (unpaired) electrons. The third-order valence-corrected chi connectivity index (χ3v) is 4.22. The molecule has 2 rings (SSSR count). The van der Waals surface area contributed by atoms with Crippen LogP contribution in [0.1, 0.15) is 24.8 Å². The van der Waals surface area contributed by atoms with Crippen LogP contribution in [0.4, 0.5) is 0 Å². The molecule has 0 amide bonds. The van der Waals surface area contributed by atoms with Crippen LogP contribution in [0.3, 0.4) is 0 Å². The topological polar surface area (TPSA) is 40.5 Å². The second kappa shape index (κ2) is 6.59. The molecule has 1 unspecified atom stereocenters. The summed E-state index contributed by atoms with van der Waals surface area (Å²) in [5.74, 6) is -0.717. The minimum Gasteiger partial charge on any atom is -0.480 e. The summed E-state index contributed by atoms with van der Waals surface area (Å²) in [7, 11) is 0. The number of rotatable bonds is 3. The standard InChI is InChI=1S/C11H14ClNO2S.ClH/c12-10-8(4-6-16-10)7-13-5-2-1-3-9(13)11(14)15;/h4,6,9H,1-3,5,7H2,(H,14,15);1H. The molecule has 2 heterocycles. The zero-order valence-electron chi connectivity index (χ0n) is 9.26. The number of carbonyl (C=O) groups is 1. The van der Waals surface area contributed by atoms with Gasteiger partial charge in [0.2, 0.25) is 0 Å². The first-order valence-electron chi connectivity index (χ1n) is 5.37. The largest absolute Gasteiger partial charge is 0.480 e. The van der Waals surface area contributed by atoms with Crippen LogP contribution in [0, 0.1) is 0 Å². The molecule has 1 fully saturated rings. The van der Waals surface area contributed by atoms with Crippen LogP contribution in [-0.4, -0.2) is 28.6 Å². The lowest BCUT2D eigenvalue weighted by Gasteiger charge is -2.32. The molecule has 3 nitrogen and oxygen atoms in total. The number of hydrogen-bond donors (Lipinski definition) is 1. The number of nitrogens with zero attached hydrogens (tertiary/aromatic N) is 1. The summed E-state index contributed by atoms with van der Waals surface area (Å²) in [5.41, 5.74) is 1.04. The SMILES string of the molecule is Cl.O=C(O)C1CCCCN1Cc1ccsc1Cl. The minimum atomic E-state index is -0.717. The zero-order chi connectivity index (χ0) is 11.5. The maximum atomic E-state index is 11.1. The van der Waals surface area contributed by atoms with E-state index in [9.17, 15) is 4.79 Å². The fourth-order valence-electron chi connectivity index (χ4n) is 2.11. The first kappa shape index (κ1) is 14.8. The van der Waals surface area contributed by atoms with Crippen molar-refractivity contribution < 1.29 is 9.90 Å². The number of aliphatic carboxylic acids is 1. The molecule has 17 heavy (non-hydrogen) atoms. The molecule has 1 aromatic rings. The van der Waals surface area contributed by atoms with Crippen LogP contribution in [0.2, 0.25) is 4.34 Å². The molecule has 1 aliphatic heterocycles. The van der Waals surface area contributed by atoms with Gasteiger partial charge in [0.15, 0.2) is 0 Å². The predicted octanol–water partition coefficient (Wildman–Crippen LogP) is 3.26. The van der Waals surface area contributed by atoms with Crippen LogP contribution in [-0.2, 0) is 11.3 Å². The van der Waals surface area contributed by atoms with Crippen molar-refractivity contribution in [3.05, 3.63) is 21.3 Å². The Kier molecular flexibility index (Phi) is 5.73. The van der Waals surface area contributed by atoms with Gasteiger partial charge < -0.3 is 5.11 Å². The van der Waals surface area contributed by atoms with E-state index in [4.69, 9.17) is 16.7 Å². The first-order valence-corrected chi connectivity index (χ1v) is 6.63. The van der Waals surface area contributed by atoms with Crippen LogP contribution in [0.5, 0.6) is 0 Å². The second-order valence-electron chi connectivity index (χ2n) is 4.04. The summed E-state index contributed by atoms with van der Waals surface area (Å²) >= 11 is 7.52. The summed E-state index contributed by atoms with van der Waals surface area (Å²) in [4.78, 5) is 13.1. The Morgan fingerprint density at radius 2 is 2.35 bits per heavy atom. The highest BCUT2D eigenvalue weighted by molar-refractivity contribution is 7.14. The van der Waals surface area contributed by atoms with Gasteiger partial charge in [-0.15, -0.1) is 23.7 Å². The van der Waals surface area contributed by atoms with E-state index in [0.29, 0.717) is 6.54 Å². The molecule has 1 saturated heterocycles. The van der Waals surface area contributed by atoms with Gasteiger partial charge in [0.1, 0.15) is 6.04 Å². The Hall–Kier alpha value is -0.290. The highest BCUT2D eigenvalue weighted by Crippen LogP contribution is 2.27. The lowest BCUT2D eigenvalue weighted by molar-refractivity contribution is -0.144. The van der Waals surface area contributed by atoms with Crippen molar-refractivity contribution in [1.82, 2.24) is 4.90 Å². The highest BCUT2D eigenvalue weighted by Gasteiger charge is 2.28. The molecule has 0 saturated carbocycles. The normalized spacial score (nSPS) is 20.9. The van der Waals surface area contributed by atoms with E-state index >= 15 is 0 Å². The van der Waals surface area contributed by atoms with Gasteiger partial charge in [-0.3, -0.25) is 9.69 Å². The Bertz CT molecular complexity index is 383. The van der Waals surface area contributed by atoms with Crippen molar-refractivity contribution in [2.75, 3.05) is 6.54 Å².